The molecule has 3 nitrogen and oxygen atoms in total. The van der Waals surface area contributed by atoms with E-state index in [4.69, 9.17) is 11.6 Å². The first-order valence-corrected chi connectivity index (χ1v) is 11.8. The summed E-state index contributed by atoms with van der Waals surface area (Å²) in [5.74, 6) is 2.46. The largest absolute Gasteiger partial charge is 0.351 e. The highest BCUT2D eigenvalue weighted by Gasteiger charge is 2.74. The Hall–Kier alpha value is -1.06. The minimum Gasteiger partial charge on any atom is -0.351 e. The summed E-state index contributed by atoms with van der Waals surface area (Å²) in [5.41, 5.74) is 1.53. The molecule has 1 aromatic carbocycles. The van der Waals surface area contributed by atoms with Crippen molar-refractivity contribution in [2.45, 2.75) is 68.9 Å². The molecule has 5 unspecified atom stereocenters. The lowest BCUT2D eigenvalue weighted by molar-refractivity contribution is -0.137. The maximum atomic E-state index is 13.9. The van der Waals surface area contributed by atoms with E-state index in [9.17, 15) is 4.79 Å². The topological polar surface area (TPSA) is 41.1 Å². The van der Waals surface area contributed by atoms with Crippen molar-refractivity contribution in [1.29, 1.82) is 0 Å². The molecule has 0 radical (unpaired) electrons. The molecule has 28 heavy (non-hydrogen) atoms. The molecule has 6 fully saturated rings. The number of fused-ring (bicyclic) bond motifs is 2. The molecule has 150 valence electrons. The molecule has 1 heterocycles. The predicted molar refractivity (Wildman–Crippen MR) is 111 cm³/mol. The number of nitrogens with one attached hydrogen (secondary N) is 2. The predicted octanol–water partition coefficient (Wildman–Crippen LogP) is 4.00. The molecule has 7 rings (SSSR count). The number of halogens is 1. The number of hydrogen-bond donors (Lipinski definition) is 2. The highest BCUT2D eigenvalue weighted by atomic mass is 35.5. The second kappa shape index (κ2) is 5.98. The van der Waals surface area contributed by atoms with Gasteiger partial charge >= 0.3 is 0 Å². The molecule has 6 aliphatic rings. The molecule has 5 aliphatic carbocycles. The molecule has 1 aromatic rings. The van der Waals surface area contributed by atoms with Crippen LogP contribution in [0.4, 0.5) is 0 Å². The second-order valence-electron chi connectivity index (χ2n) is 10.7. The third-order valence-corrected chi connectivity index (χ3v) is 9.56. The number of rotatable bonds is 5. The lowest BCUT2D eigenvalue weighted by Crippen LogP contribution is -2.54. The van der Waals surface area contributed by atoms with E-state index < -0.39 is 0 Å². The van der Waals surface area contributed by atoms with E-state index in [1.54, 1.807) is 0 Å². The summed E-state index contributed by atoms with van der Waals surface area (Å²) in [6, 6.07) is 11.9. The lowest BCUT2D eigenvalue weighted by Gasteiger charge is -2.41. The number of hydrogen-bond acceptors (Lipinski definition) is 2. The van der Waals surface area contributed by atoms with Crippen molar-refractivity contribution in [2.75, 3.05) is 12.4 Å². The first kappa shape index (κ1) is 17.8. The minimum absolute atomic E-state index is 0.0998. The van der Waals surface area contributed by atoms with Crippen LogP contribution in [0.1, 0.15) is 56.9 Å². The molecule has 0 aromatic heterocycles. The number of amides is 1. The zero-order chi connectivity index (χ0) is 19.0. The van der Waals surface area contributed by atoms with Crippen LogP contribution in [0.3, 0.4) is 0 Å². The minimum atomic E-state index is -0.206. The quantitative estimate of drug-likeness (QED) is 0.736. The van der Waals surface area contributed by atoms with Crippen LogP contribution in [0.2, 0.25) is 0 Å². The summed E-state index contributed by atoms with van der Waals surface area (Å²) in [6.45, 7) is 1.14. The maximum absolute atomic E-state index is 13.9. The molecule has 4 heteroatoms. The van der Waals surface area contributed by atoms with Gasteiger partial charge in [-0.3, -0.25) is 4.79 Å². The Morgan fingerprint density at radius 2 is 1.96 bits per heavy atom. The summed E-state index contributed by atoms with van der Waals surface area (Å²) >= 11 is 6.34. The van der Waals surface area contributed by atoms with Gasteiger partial charge in [0.2, 0.25) is 5.91 Å². The molecule has 0 spiro atoms. The smallest absolute Gasteiger partial charge is 0.227 e. The number of alkyl halides is 1. The fraction of sp³-hybridized carbons (Fsp3) is 0.708. The standard InChI is InChI=1S/C24H31ClN2O/c25-7-6-23-11-17-10-22(14-23,18-4-2-1-3-5-18)15-24(23,12-17)21(28)27-20-9-16-8-19(20)26-13-16/h1-5,16-17,19-20,26H,6-15H2,(H,27,28)/t16?,17?,19?,20?,22-,23-,24?/m1/s1. The van der Waals surface area contributed by atoms with Crippen LogP contribution >= 0.6 is 11.6 Å². The monoisotopic (exact) mass is 398 g/mol. The molecule has 2 N–H and O–H groups in total. The summed E-state index contributed by atoms with van der Waals surface area (Å²) in [6.07, 6.45) is 9.10. The van der Waals surface area contributed by atoms with Gasteiger partial charge in [-0.25, -0.2) is 0 Å². The molecular weight excluding hydrogens is 368 g/mol. The van der Waals surface area contributed by atoms with E-state index in [1.807, 2.05) is 0 Å². The zero-order valence-corrected chi connectivity index (χ0v) is 17.3. The van der Waals surface area contributed by atoms with Crippen molar-refractivity contribution in [3.8, 4) is 0 Å². The Kier molecular flexibility index (Phi) is 3.80. The van der Waals surface area contributed by atoms with Crippen molar-refractivity contribution in [1.82, 2.24) is 10.6 Å². The van der Waals surface area contributed by atoms with Gasteiger partial charge in [0.1, 0.15) is 0 Å². The third-order valence-electron chi connectivity index (χ3n) is 9.37. The van der Waals surface area contributed by atoms with Gasteiger partial charge in [-0.05, 0) is 86.1 Å². The van der Waals surface area contributed by atoms with Gasteiger partial charge in [0.25, 0.3) is 0 Å². The SMILES string of the molecule is O=C(NC1CC2CNC1C2)C12CC3C[C@](c4ccccc4)(C1)C[C@@]2(CCCl)C3. The van der Waals surface area contributed by atoms with Crippen molar-refractivity contribution in [2.24, 2.45) is 22.7 Å². The van der Waals surface area contributed by atoms with E-state index in [1.165, 1.54) is 24.8 Å². The van der Waals surface area contributed by atoms with E-state index in [-0.39, 0.29) is 16.2 Å². The average Bonchev–Trinajstić information content (AvgIpc) is 3.40. The summed E-state index contributed by atoms with van der Waals surface area (Å²) in [7, 11) is 0. The van der Waals surface area contributed by atoms with Gasteiger partial charge in [-0.15, -0.1) is 11.6 Å². The van der Waals surface area contributed by atoms with E-state index in [0.717, 1.165) is 44.6 Å². The van der Waals surface area contributed by atoms with Crippen molar-refractivity contribution >= 4 is 17.5 Å². The number of benzene rings is 1. The van der Waals surface area contributed by atoms with Gasteiger partial charge in [0.15, 0.2) is 0 Å². The summed E-state index contributed by atoms with van der Waals surface area (Å²) in [5, 5.41) is 7.17. The molecule has 1 saturated heterocycles. The summed E-state index contributed by atoms with van der Waals surface area (Å²) < 4.78 is 0. The Labute approximate surface area is 173 Å². The van der Waals surface area contributed by atoms with Gasteiger partial charge in [-0.2, -0.15) is 0 Å². The maximum Gasteiger partial charge on any atom is 0.227 e. The van der Waals surface area contributed by atoms with Crippen LogP contribution < -0.4 is 10.6 Å². The number of carbonyl (C=O) groups is 1. The fourth-order valence-corrected chi connectivity index (χ4v) is 8.98. The molecule has 6 bridgehead atoms. The number of carbonyl (C=O) groups excluding carboxylic acids is 1. The van der Waals surface area contributed by atoms with E-state index >= 15 is 0 Å². The van der Waals surface area contributed by atoms with Crippen LogP contribution in [0.15, 0.2) is 30.3 Å². The number of piperidine rings is 1. The Balaban J connectivity index is 1.35. The van der Waals surface area contributed by atoms with Gasteiger partial charge in [0.05, 0.1) is 5.41 Å². The summed E-state index contributed by atoms with van der Waals surface area (Å²) in [4.78, 5) is 13.9. The molecule has 7 atom stereocenters. The van der Waals surface area contributed by atoms with E-state index in [0.29, 0.717) is 29.8 Å². The van der Waals surface area contributed by atoms with Crippen LogP contribution in [0.25, 0.3) is 0 Å². The second-order valence-corrected chi connectivity index (χ2v) is 11.1. The first-order valence-electron chi connectivity index (χ1n) is 11.2. The Morgan fingerprint density at radius 1 is 1.11 bits per heavy atom. The van der Waals surface area contributed by atoms with Crippen molar-refractivity contribution in [3.63, 3.8) is 0 Å². The fourth-order valence-electron chi connectivity index (χ4n) is 8.62. The highest BCUT2D eigenvalue weighted by molar-refractivity contribution is 6.17. The van der Waals surface area contributed by atoms with Gasteiger partial charge < -0.3 is 10.6 Å². The lowest BCUT2D eigenvalue weighted by atomic mass is 9.63. The van der Waals surface area contributed by atoms with Crippen LogP contribution in [-0.4, -0.2) is 30.4 Å². The molecular formula is C24H31ClN2O. The van der Waals surface area contributed by atoms with E-state index in [2.05, 4.69) is 41.0 Å². The molecule has 5 saturated carbocycles. The van der Waals surface area contributed by atoms with Crippen LogP contribution in [0, 0.1) is 22.7 Å². The first-order chi connectivity index (χ1) is 13.6. The normalized spacial score (nSPS) is 47.8. The van der Waals surface area contributed by atoms with Crippen LogP contribution in [0.5, 0.6) is 0 Å². The van der Waals surface area contributed by atoms with Gasteiger partial charge in [-0.1, -0.05) is 30.3 Å². The molecule has 1 amide bonds. The average molecular weight is 399 g/mol. The zero-order valence-electron chi connectivity index (χ0n) is 16.6. The highest BCUT2D eigenvalue weighted by Crippen LogP contribution is 2.77. The van der Waals surface area contributed by atoms with Crippen LogP contribution in [-0.2, 0) is 10.2 Å². The third kappa shape index (κ3) is 2.24. The van der Waals surface area contributed by atoms with Crippen molar-refractivity contribution < 1.29 is 4.79 Å². The van der Waals surface area contributed by atoms with Crippen molar-refractivity contribution in [3.05, 3.63) is 35.9 Å². The van der Waals surface area contributed by atoms with Gasteiger partial charge in [0, 0.05) is 18.0 Å². The Bertz CT molecular complexity index is 799. The molecule has 1 aliphatic heterocycles. The Morgan fingerprint density at radius 3 is 2.68 bits per heavy atom.